The number of nitrogens with one attached hydrogen (secondary N) is 1. The van der Waals surface area contributed by atoms with Crippen LogP contribution in [0.3, 0.4) is 0 Å². The van der Waals surface area contributed by atoms with Gasteiger partial charge in [0.05, 0.1) is 26.2 Å². The Morgan fingerprint density at radius 3 is 2.17 bits per heavy atom. The molecule has 2 aromatic carbocycles. The van der Waals surface area contributed by atoms with Gasteiger partial charge in [-0.05, 0) is 48.9 Å². The van der Waals surface area contributed by atoms with Gasteiger partial charge in [0, 0.05) is 5.69 Å². The SMILES string of the molecule is COc1ccc(CC(=O)O[C@@H](C)C(=O)Nc2ccc(C(F)(F)F)cc2)cc1OC. The molecule has 2 aromatic rings. The van der Waals surface area contributed by atoms with Gasteiger partial charge in [-0.15, -0.1) is 0 Å². The monoisotopic (exact) mass is 411 g/mol. The molecule has 156 valence electrons. The summed E-state index contributed by atoms with van der Waals surface area (Å²) in [7, 11) is 2.95. The summed E-state index contributed by atoms with van der Waals surface area (Å²) in [5.41, 5.74) is -0.0707. The van der Waals surface area contributed by atoms with Crippen molar-refractivity contribution in [3.8, 4) is 11.5 Å². The second-order valence-corrected chi connectivity index (χ2v) is 6.06. The molecule has 1 atom stereocenters. The minimum atomic E-state index is -4.46. The normalized spacial score (nSPS) is 12.1. The second kappa shape index (κ2) is 9.31. The van der Waals surface area contributed by atoms with Crippen molar-refractivity contribution in [3.63, 3.8) is 0 Å². The van der Waals surface area contributed by atoms with Gasteiger partial charge >= 0.3 is 12.1 Å². The zero-order valence-electron chi connectivity index (χ0n) is 16.0. The van der Waals surface area contributed by atoms with Crippen LogP contribution in [0.15, 0.2) is 42.5 Å². The van der Waals surface area contributed by atoms with Crippen LogP contribution < -0.4 is 14.8 Å². The Bertz CT molecular complexity index is 865. The molecule has 0 saturated carbocycles. The van der Waals surface area contributed by atoms with E-state index in [0.717, 1.165) is 24.3 Å². The van der Waals surface area contributed by atoms with Crippen LogP contribution in [-0.2, 0) is 26.9 Å². The van der Waals surface area contributed by atoms with Gasteiger partial charge in [0.15, 0.2) is 17.6 Å². The van der Waals surface area contributed by atoms with E-state index in [2.05, 4.69) is 5.32 Å². The molecule has 0 saturated heterocycles. The van der Waals surface area contributed by atoms with E-state index < -0.39 is 29.7 Å². The Morgan fingerprint density at radius 1 is 1.00 bits per heavy atom. The summed E-state index contributed by atoms with van der Waals surface area (Å²) in [5.74, 6) is -0.350. The molecular formula is C20H20F3NO5. The number of rotatable bonds is 7. The number of halogens is 3. The van der Waals surface area contributed by atoms with E-state index in [-0.39, 0.29) is 12.1 Å². The third-order valence-corrected chi connectivity index (χ3v) is 3.95. The lowest BCUT2D eigenvalue weighted by Crippen LogP contribution is -2.30. The maximum Gasteiger partial charge on any atom is 0.416 e. The second-order valence-electron chi connectivity index (χ2n) is 6.06. The lowest BCUT2D eigenvalue weighted by molar-refractivity contribution is -0.152. The van der Waals surface area contributed by atoms with Crippen LogP contribution in [0.2, 0.25) is 0 Å². The largest absolute Gasteiger partial charge is 0.493 e. The number of ether oxygens (including phenoxy) is 3. The number of amides is 1. The number of alkyl halides is 3. The first-order valence-corrected chi connectivity index (χ1v) is 8.52. The van der Waals surface area contributed by atoms with Crippen LogP contribution in [0.4, 0.5) is 18.9 Å². The number of hydrogen-bond acceptors (Lipinski definition) is 5. The number of carbonyl (C=O) groups is 2. The van der Waals surface area contributed by atoms with Gasteiger partial charge in [0.25, 0.3) is 5.91 Å². The first-order chi connectivity index (χ1) is 13.6. The Morgan fingerprint density at radius 2 is 1.62 bits per heavy atom. The van der Waals surface area contributed by atoms with Crippen molar-refractivity contribution in [1.82, 2.24) is 0 Å². The van der Waals surface area contributed by atoms with Crippen molar-refractivity contribution >= 4 is 17.6 Å². The van der Waals surface area contributed by atoms with Crippen molar-refractivity contribution < 1.29 is 37.0 Å². The number of hydrogen-bond donors (Lipinski definition) is 1. The third-order valence-electron chi connectivity index (χ3n) is 3.95. The first-order valence-electron chi connectivity index (χ1n) is 8.52. The van der Waals surface area contributed by atoms with Crippen LogP contribution in [0, 0.1) is 0 Å². The molecule has 0 aliphatic heterocycles. The predicted molar refractivity (Wildman–Crippen MR) is 98.9 cm³/mol. The van der Waals surface area contributed by atoms with Crippen molar-refractivity contribution in [2.75, 3.05) is 19.5 Å². The summed E-state index contributed by atoms with van der Waals surface area (Å²) in [4.78, 5) is 24.2. The van der Waals surface area contributed by atoms with E-state index in [9.17, 15) is 22.8 Å². The van der Waals surface area contributed by atoms with Gasteiger partial charge in [-0.25, -0.2) is 0 Å². The van der Waals surface area contributed by atoms with Gasteiger partial charge in [-0.1, -0.05) is 6.07 Å². The third kappa shape index (κ3) is 6.13. The highest BCUT2D eigenvalue weighted by molar-refractivity contribution is 5.95. The quantitative estimate of drug-likeness (QED) is 0.701. The van der Waals surface area contributed by atoms with Gasteiger partial charge in [-0.2, -0.15) is 13.2 Å². The molecule has 0 radical (unpaired) electrons. The molecule has 9 heteroatoms. The summed E-state index contributed by atoms with van der Waals surface area (Å²) in [6.45, 7) is 1.37. The van der Waals surface area contributed by atoms with Crippen LogP contribution in [0.25, 0.3) is 0 Å². The minimum Gasteiger partial charge on any atom is -0.493 e. The summed E-state index contributed by atoms with van der Waals surface area (Å²) in [6, 6.07) is 8.87. The summed E-state index contributed by atoms with van der Waals surface area (Å²) in [6.07, 6.45) is -5.70. The highest BCUT2D eigenvalue weighted by atomic mass is 19.4. The lowest BCUT2D eigenvalue weighted by Gasteiger charge is -2.14. The van der Waals surface area contributed by atoms with Crippen LogP contribution in [0.5, 0.6) is 11.5 Å². The maximum absolute atomic E-state index is 12.6. The molecule has 0 spiro atoms. The highest BCUT2D eigenvalue weighted by Crippen LogP contribution is 2.30. The van der Waals surface area contributed by atoms with E-state index in [1.54, 1.807) is 18.2 Å². The molecule has 0 unspecified atom stereocenters. The van der Waals surface area contributed by atoms with Crippen molar-refractivity contribution in [3.05, 3.63) is 53.6 Å². The Hall–Kier alpha value is -3.23. The van der Waals surface area contributed by atoms with E-state index in [0.29, 0.717) is 17.1 Å². The van der Waals surface area contributed by atoms with E-state index in [1.807, 2.05) is 0 Å². The highest BCUT2D eigenvalue weighted by Gasteiger charge is 2.30. The van der Waals surface area contributed by atoms with Gasteiger partial charge < -0.3 is 19.5 Å². The molecule has 0 aliphatic rings. The molecule has 0 aromatic heterocycles. The fourth-order valence-corrected chi connectivity index (χ4v) is 2.44. The topological polar surface area (TPSA) is 73.9 Å². The molecule has 1 amide bonds. The summed E-state index contributed by atoms with van der Waals surface area (Å²) in [5, 5.41) is 2.40. The summed E-state index contributed by atoms with van der Waals surface area (Å²) >= 11 is 0. The van der Waals surface area contributed by atoms with Gasteiger partial charge in [-0.3, -0.25) is 9.59 Å². The maximum atomic E-state index is 12.6. The van der Waals surface area contributed by atoms with Crippen molar-refractivity contribution in [2.24, 2.45) is 0 Å². The Kier molecular flexibility index (Phi) is 7.08. The average Bonchev–Trinajstić information content (AvgIpc) is 2.67. The van der Waals surface area contributed by atoms with E-state index in [4.69, 9.17) is 14.2 Å². The number of benzene rings is 2. The number of methoxy groups -OCH3 is 2. The van der Waals surface area contributed by atoms with Crippen molar-refractivity contribution in [2.45, 2.75) is 25.6 Å². The van der Waals surface area contributed by atoms with Crippen LogP contribution in [0.1, 0.15) is 18.1 Å². The standard InChI is InChI=1S/C20H20F3NO5/c1-12(19(26)24-15-7-5-14(6-8-15)20(21,22)23)29-18(25)11-13-4-9-16(27-2)17(10-13)28-3/h4-10,12H,11H2,1-3H3,(H,24,26)/t12-/m0/s1. The molecule has 0 fully saturated rings. The zero-order chi connectivity index (χ0) is 21.6. The fourth-order valence-electron chi connectivity index (χ4n) is 2.44. The molecule has 1 N–H and O–H groups in total. The minimum absolute atomic E-state index is 0.0990. The summed E-state index contributed by atoms with van der Waals surface area (Å²) < 4.78 is 53.1. The fraction of sp³-hybridized carbons (Fsp3) is 0.300. The van der Waals surface area contributed by atoms with Crippen LogP contribution in [-0.4, -0.2) is 32.2 Å². The van der Waals surface area contributed by atoms with Crippen LogP contribution >= 0.6 is 0 Å². The number of anilines is 1. The Balaban J connectivity index is 1.92. The predicted octanol–water partition coefficient (Wildman–Crippen LogP) is 3.84. The first kappa shape index (κ1) is 22.1. The van der Waals surface area contributed by atoms with Gasteiger partial charge in [0.1, 0.15) is 0 Å². The van der Waals surface area contributed by atoms with Crippen molar-refractivity contribution in [1.29, 1.82) is 0 Å². The van der Waals surface area contributed by atoms with E-state index in [1.165, 1.54) is 21.1 Å². The average molecular weight is 411 g/mol. The number of carbonyl (C=O) groups excluding carboxylic acids is 2. The van der Waals surface area contributed by atoms with E-state index >= 15 is 0 Å². The molecule has 2 rings (SSSR count). The molecule has 6 nitrogen and oxygen atoms in total. The number of esters is 1. The molecule has 29 heavy (non-hydrogen) atoms. The molecule has 0 heterocycles. The molecule has 0 aliphatic carbocycles. The van der Waals surface area contributed by atoms with Gasteiger partial charge in [0.2, 0.25) is 0 Å². The zero-order valence-corrected chi connectivity index (χ0v) is 16.0. The smallest absolute Gasteiger partial charge is 0.416 e. The molecular weight excluding hydrogens is 391 g/mol. The lowest BCUT2D eigenvalue weighted by atomic mass is 10.1. The molecule has 0 bridgehead atoms. The Labute approximate surface area is 165 Å².